The lowest BCUT2D eigenvalue weighted by Crippen LogP contribution is -2.28. The molecule has 0 bridgehead atoms. The molecule has 1 aromatic heterocycles. The largest absolute Gasteiger partial charge is 0.418 e. The SMILES string of the molecule is CC(=O)Nc1ccc(NC(=O)Cn2c(=O)cnc3ccccc32)c(C(F)(F)F)c1. The summed E-state index contributed by atoms with van der Waals surface area (Å²) >= 11 is 0. The summed E-state index contributed by atoms with van der Waals surface area (Å²) < 4.78 is 41.3. The van der Waals surface area contributed by atoms with Crippen LogP contribution in [0.3, 0.4) is 0 Å². The summed E-state index contributed by atoms with van der Waals surface area (Å²) in [5, 5.41) is 4.45. The van der Waals surface area contributed by atoms with E-state index in [9.17, 15) is 27.6 Å². The van der Waals surface area contributed by atoms with Crippen molar-refractivity contribution >= 4 is 34.2 Å². The van der Waals surface area contributed by atoms with Crippen LogP contribution in [0.15, 0.2) is 53.5 Å². The highest BCUT2D eigenvalue weighted by Crippen LogP contribution is 2.36. The van der Waals surface area contributed by atoms with Gasteiger partial charge in [-0.25, -0.2) is 4.98 Å². The van der Waals surface area contributed by atoms with Crippen molar-refractivity contribution in [1.29, 1.82) is 0 Å². The van der Waals surface area contributed by atoms with E-state index in [0.29, 0.717) is 11.0 Å². The number of anilines is 2. The number of halogens is 3. The summed E-state index contributed by atoms with van der Waals surface area (Å²) in [5.74, 6) is -1.35. The molecule has 0 unspecified atom stereocenters. The van der Waals surface area contributed by atoms with Gasteiger partial charge in [0.15, 0.2) is 0 Å². The summed E-state index contributed by atoms with van der Waals surface area (Å²) in [4.78, 5) is 39.5. The molecule has 3 rings (SSSR count). The first kappa shape index (κ1) is 20.1. The molecule has 0 aliphatic heterocycles. The number of alkyl halides is 3. The van der Waals surface area contributed by atoms with Gasteiger partial charge in [0.25, 0.3) is 5.56 Å². The van der Waals surface area contributed by atoms with E-state index in [2.05, 4.69) is 15.6 Å². The fourth-order valence-electron chi connectivity index (χ4n) is 2.78. The highest BCUT2D eigenvalue weighted by atomic mass is 19.4. The van der Waals surface area contributed by atoms with E-state index in [1.807, 2.05) is 0 Å². The quantitative estimate of drug-likeness (QED) is 0.699. The number of nitrogens with one attached hydrogen (secondary N) is 2. The van der Waals surface area contributed by atoms with Gasteiger partial charge in [-0.3, -0.25) is 19.0 Å². The molecule has 0 saturated heterocycles. The maximum atomic E-state index is 13.4. The van der Waals surface area contributed by atoms with Gasteiger partial charge in [-0.05, 0) is 30.3 Å². The molecule has 10 heteroatoms. The molecule has 2 amide bonds. The molecule has 0 atom stereocenters. The van der Waals surface area contributed by atoms with Crippen molar-refractivity contribution in [3.05, 3.63) is 64.6 Å². The van der Waals surface area contributed by atoms with Crippen molar-refractivity contribution in [2.75, 3.05) is 10.6 Å². The summed E-state index contributed by atoms with van der Waals surface area (Å²) in [5.41, 5.74) is -1.37. The van der Waals surface area contributed by atoms with Crippen LogP contribution >= 0.6 is 0 Å². The number of nitrogens with zero attached hydrogens (tertiary/aromatic N) is 2. The van der Waals surface area contributed by atoms with E-state index in [4.69, 9.17) is 0 Å². The Morgan fingerprint density at radius 2 is 1.83 bits per heavy atom. The first-order chi connectivity index (χ1) is 13.6. The number of amides is 2. The molecule has 1 heterocycles. The Morgan fingerprint density at radius 3 is 2.52 bits per heavy atom. The molecule has 3 aromatic rings. The fourth-order valence-corrected chi connectivity index (χ4v) is 2.78. The van der Waals surface area contributed by atoms with Crippen LogP contribution < -0.4 is 16.2 Å². The summed E-state index contributed by atoms with van der Waals surface area (Å²) in [6.07, 6.45) is -3.73. The number of rotatable bonds is 4. The minimum atomic E-state index is -4.77. The van der Waals surface area contributed by atoms with Crippen LogP contribution in [0.4, 0.5) is 24.5 Å². The molecular formula is C19H15F3N4O3. The van der Waals surface area contributed by atoms with Gasteiger partial charge in [-0.2, -0.15) is 13.2 Å². The van der Waals surface area contributed by atoms with Crippen LogP contribution in [0.5, 0.6) is 0 Å². The number of carbonyl (C=O) groups is 2. The van der Waals surface area contributed by atoms with Gasteiger partial charge in [0.05, 0.1) is 28.5 Å². The van der Waals surface area contributed by atoms with Crippen LogP contribution in [-0.4, -0.2) is 21.4 Å². The van der Waals surface area contributed by atoms with Crippen LogP contribution in [0.1, 0.15) is 12.5 Å². The van der Waals surface area contributed by atoms with Crippen molar-refractivity contribution in [3.63, 3.8) is 0 Å². The minimum Gasteiger partial charge on any atom is -0.326 e. The Balaban J connectivity index is 1.91. The zero-order valence-corrected chi connectivity index (χ0v) is 15.1. The molecule has 2 aromatic carbocycles. The van der Waals surface area contributed by atoms with E-state index in [1.54, 1.807) is 24.3 Å². The highest BCUT2D eigenvalue weighted by molar-refractivity contribution is 5.94. The average Bonchev–Trinajstić information content (AvgIpc) is 2.64. The Hall–Kier alpha value is -3.69. The molecule has 0 aliphatic carbocycles. The molecule has 7 nitrogen and oxygen atoms in total. The standard InChI is InChI=1S/C19H15F3N4O3/c1-11(27)24-12-6-7-14(13(8-12)19(20,21)22)25-17(28)10-26-16-5-3-2-4-15(16)23-9-18(26)29/h2-9H,10H2,1H3,(H,24,27)(H,25,28). The number of benzene rings is 2. The van der Waals surface area contributed by atoms with Gasteiger partial charge in [-0.15, -0.1) is 0 Å². The fraction of sp³-hybridized carbons (Fsp3) is 0.158. The van der Waals surface area contributed by atoms with Gasteiger partial charge >= 0.3 is 6.18 Å². The number of para-hydroxylation sites is 2. The topological polar surface area (TPSA) is 93.1 Å². The smallest absolute Gasteiger partial charge is 0.326 e. The van der Waals surface area contributed by atoms with Crippen molar-refractivity contribution in [2.45, 2.75) is 19.6 Å². The summed E-state index contributed by atoms with van der Waals surface area (Å²) in [6.45, 7) is 0.673. The minimum absolute atomic E-state index is 0.0563. The van der Waals surface area contributed by atoms with Crippen molar-refractivity contribution in [1.82, 2.24) is 9.55 Å². The van der Waals surface area contributed by atoms with Crippen LogP contribution in [0.25, 0.3) is 11.0 Å². The maximum absolute atomic E-state index is 13.4. The van der Waals surface area contributed by atoms with Gasteiger partial charge in [-0.1, -0.05) is 12.1 Å². The first-order valence-electron chi connectivity index (χ1n) is 8.38. The lowest BCUT2D eigenvalue weighted by Gasteiger charge is -2.16. The van der Waals surface area contributed by atoms with Gasteiger partial charge in [0.2, 0.25) is 11.8 Å². The summed E-state index contributed by atoms with van der Waals surface area (Å²) in [6, 6.07) is 9.59. The third-order valence-electron chi connectivity index (χ3n) is 3.97. The lowest BCUT2D eigenvalue weighted by atomic mass is 10.1. The number of fused-ring (bicyclic) bond motifs is 1. The predicted octanol–water partition coefficient (Wildman–Crippen LogP) is 3.01. The van der Waals surface area contributed by atoms with Crippen LogP contribution in [0.2, 0.25) is 0 Å². The molecule has 0 fully saturated rings. The first-order valence-corrected chi connectivity index (χ1v) is 8.38. The van der Waals surface area contributed by atoms with E-state index in [-0.39, 0.29) is 5.69 Å². The second kappa shape index (κ2) is 7.74. The van der Waals surface area contributed by atoms with Gasteiger partial charge in [0.1, 0.15) is 6.54 Å². The number of aromatic nitrogens is 2. The Kier molecular flexibility index (Phi) is 5.35. The van der Waals surface area contributed by atoms with E-state index >= 15 is 0 Å². The Labute approximate surface area is 162 Å². The molecule has 29 heavy (non-hydrogen) atoms. The number of hydrogen-bond acceptors (Lipinski definition) is 4. The molecule has 0 saturated carbocycles. The van der Waals surface area contributed by atoms with E-state index in [1.165, 1.54) is 13.0 Å². The third-order valence-corrected chi connectivity index (χ3v) is 3.97. The second-order valence-electron chi connectivity index (χ2n) is 6.16. The number of hydrogen-bond donors (Lipinski definition) is 2. The van der Waals surface area contributed by atoms with Crippen LogP contribution in [-0.2, 0) is 22.3 Å². The summed E-state index contributed by atoms with van der Waals surface area (Å²) in [7, 11) is 0. The molecule has 150 valence electrons. The van der Waals surface area contributed by atoms with Gasteiger partial charge < -0.3 is 10.6 Å². The van der Waals surface area contributed by atoms with Gasteiger partial charge in [0, 0.05) is 12.6 Å². The maximum Gasteiger partial charge on any atom is 0.418 e. The monoisotopic (exact) mass is 404 g/mol. The third kappa shape index (κ3) is 4.60. The molecule has 0 aliphatic rings. The van der Waals surface area contributed by atoms with E-state index in [0.717, 1.165) is 22.9 Å². The average molecular weight is 404 g/mol. The Morgan fingerprint density at radius 1 is 1.10 bits per heavy atom. The van der Waals surface area contributed by atoms with E-state index < -0.39 is 41.3 Å². The lowest BCUT2D eigenvalue weighted by molar-refractivity contribution is -0.137. The molecule has 2 N–H and O–H groups in total. The second-order valence-corrected chi connectivity index (χ2v) is 6.16. The predicted molar refractivity (Wildman–Crippen MR) is 100 cm³/mol. The molecule has 0 spiro atoms. The number of carbonyl (C=O) groups excluding carboxylic acids is 2. The van der Waals surface area contributed by atoms with Crippen LogP contribution in [0, 0.1) is 0 Å². The zero-order valence-electron chi connectivity index (χ0n) is 15.1. The van der Waals surface area contributed by atoms with Crippen molar-refractivity contribution in [2.24, 2.45) is 0 Å². The van der Waals surface area contributed by atoms with Crippen molar-refractivity contribution in [3.8, 4) is 0 Å². The highest BCUT2D eigenvalue weighted by Gasteiger charge is 2.34. The molecule has 0 radical (unpaired) electrons. The normalized spacial score (nSPS) is 11.3. The Bertz CT molecular complexity index is 1160. The zero-order chi connectivity index (χ0) is 21.2. The molecular weight excluding hydrogens is 389 g/mol. The van der Waals surface area contributed by atoms with Crippen molar-refractivity contribution < 1.29 is 22.8 Å².